The molecular formula is C37H46N2O6. The van der Waals surface area contributed by atoms with Gasteiger partial charge in [-0.2, -0.15) is 0 Å². The Labute approximate surface area is 268 Å². The van der Waals surface area contributed by atoms with Crippen LogP contribution in [0.25, 0.3) is 0 Å². The van der Waals surface area contributed by atoms with Gasteiger partial charge in [-0.1, -0.05) is 41.0 Å². The predicted octanol–water partition coefficient (Wildman–Crippen LogP) is 7.77. The molecule has 0 aliphatic carbocycles. The van der Waals surface area contributed by atoms with Crippen LogP contribution in [0.2, 0.25) is 0 Å². The maximum atomic E-state index is 13.9. The highest BCUT2D eigenvalue weighted by molar-refractivity contribution is 6.16. The highest BCUT2D eigenvalue weighted by atomic mass is 16.5. The minimum atomic E-state index is -0.601. The van der Waals surface area contributed by atoms with Crippen LogP contribution in [0.15, 0.2) is 65.3 Å². The fourth-order valence-electron chi connectivity index (χ4n) is 4.69. The molecule has 0 fully saturated rings. The molecule has 1 aliphatic heterocycles. The number of benzene rings is 2. The number of terminal acetylenes is 2. The van der Waals surface area contributed by atoms with Crippen molar-refractivity contribution in [2.24, 2.45) is 0 Å². The number of rotatable bonds is 11. The van der Waals surface area contributed by atoms with Crippen LogP contribution in [-0.2, 0) is 9.53 Å². The van der Waals surface area contributed by atoms with Gasteiger partial charge in [0.05, 0.1) is 23.5 Å². The van der Waals surface area contributed by atoms with Gasteiger partial charge in [-0.05, 0) is 79.4 Å². The van der Waals surface area contributed by atoms with E-state index >= 15 is 0 Å². The Kier molecular flexibility index (Phi) is 16.2. The van der Waals surface area contributed by atoms with Crippen LogP contribution in [0, 0.1) is 25.2 Å². The summed E-state index contributed by atoms with van der Waals surface area (Å²) < 4.78 is 5.13. The molecule has 8 nitrogen and oxygen atoms in total. The molecule has 1 aliphatic rings. The molecule has 0 unspecified atom stereocenters. The average Bonchev–Trinajstić information content (AvgIpc) is 3.06. The first kappa shape index (κ1) is 37.9. The van der Waals surface area contributed by atoms with Gasteiger partial charge in [0.2, 0.25) is 0 Å². The van der Waals surface area contributed by atoms with Crippen LogP contribution in [0.5, 0.6) is 17.2 Å². The molecule has 0 atom stereocenters. The van der Waals surface area contributed by atoms with E-state index in [1.54, 1.807) is 26.0 Å². The van der Waals surface area contributed by atoms with Crippen LogP contribution in [0.4, 0.5) is 17.1 Å². The number of aromatic hydroxyl groups is 3. The molecule has 240 valence electrons. The van der Waals surface area contributed by atoms with Crippen LogP contribution in [0.1, 0.15) is 77.6 Å². The zero-order valence-corrected chi connectivity index (χ0v) is 27.3. The SMILES string of the molecule is C#C.C#CC.CCOC(=O)CN1c2c(O)cccc2C(=O)N(C/C=C(\C)CC/C=C(\C)CCC=C(C)C)c2cc(O)cc(O)c21. The van der Waals surface area contributed by atoms with E-state index in [1.807, 2.05) is 13.0 Å². The Balaban J connectivity index is 0.00000191. The standard InChI is InChI=1S/C32H40N2O6.C3H4.C2H2/c1-6-40-29(38)20-34-30-25(14-9-15-27(30)36)32(39)33(26-18-24(35)19-28(37)31(26)34)17-16-23(5)13-8-12-22(4)11-7-10-21(2)3;1-3-2;1-2/h9-10,12,14-16,18-19,35-37H,6-8,11,13,17,20H2,1-5H3;1H,2H3;1-2H/b22-12+,23-16+;;. The lowest BCUT2D eigenvalue weighted by atomic mass is 10.1. The van der Waals surface area contributed by atoms with Gasteiger partial charge in [-0.25, -0.2) is 0 Å². The van der Waals surface area contributed by atoms with E-state index in [2.05, 4.69) is 58.1 Å². The number of allylic oxidation sites excluding steroid dienone is 5. The number of phenols is 3. The molecule has 45 heavy (non-hydrogen) atoms. The first-order valence-corrected chi connectivity index (χ1v) is 14.7. The molecule has 3 rings (SSSR count). The molecule has 0 aromatic heterocycles. The number of fused-ring (bicyclic) bond motifs is 2. The third-order valence-corrected chi connectivity index (χ3v) is 6.71. The quantitative estimate of drug-likeness (QED) is 0.135. The Hall–Kier alpha value is -5.08. The zero-order chi connectivity index (χ0) is 34.1. The number of carbonyl (C=O) groups excluding carboxylic acids is 2. The molecule has 3 N–H and O–H groups in total. The molecule has 0 saturated carbocycles. The summed E-state index contributed by atoms with van der Waals surface area (Å²) in [6.45, 7) is 11.6. The second kappa shape index (κ2) is 19.2. The summed E-state index contributed by atoms with van der Waals surface area (Å²) in [5.74, 6) is 0.393. The minimum Gasteiger partial charge on any atom is -0.508 e. The van der Waals surface area contributed by atoms with Gasteiger partial charge in [0, 0.05) is 18.7 Å². The van der Waals surface area contributed by atoms with E-state index < -0.39 is 11.9 Å². The lowest BCUT2D eigenvalue weighted by Crippen LogP contribution is -2.30. The molecule has 8 heteroatoms. The van der Waals surface area contributed by atoms with Gasteiger partial charge in [0.1, 0.15) is 29.5 Å². The Morgan fingerprint density at radius 1 is 0.911 bits per heavy atom. The van der Waals surface area contributed by atoms with Crippen molar-refractivity contribution in [1.29, 1.82) is 0 Å². The van der Waals surface area contributed by atoms with Gasteiger partial charge in [0.25, 0.3) is 5.91 Å². The summed E-state index contributed by atoms with van der Waals surface area (Å²) in [5.41, 5.74) is 4.29. The van der Waals surface area contributed by atoms with Crippen LogP contribution in [-0.4, -0.2) is 46.9 Å². The minimum absolute atomic E-state index is 0.0831. The predicted molar refractivity (Wildman–Crippen MR) is 183 cm³/mol. The van der Waals surface area contributed by atoms with Crippen molar-refractivity contribution in [3.8, 4) is 42.4 Å². The zero-order valence-electron chi connectivity index (χ0n) is 27.3. The summed E-state index contributed by atoms with van der Waals surface area (Å²) >= 11 is 0. The molecule has 2 aromatic rings. The monoisotopic (exact) mass is 614 g/mol. The number of nitrogens with zero attached hydrogens (tertiary/aromatic N) is 2. The molecular weight excluding hydrogens is 568 g/mol. The van der Waals surface area contributed by atoms with E-state index in [0.717, 1.165) is 37.3 Å². The van der Waals surface area contributed by atoms with Crippen LogP contribution >= 0.6 is 0 Å². The van der Waals surface area contributed by atoms with Crippen molar-refractivity contribution in [3.05, 3.63) is 70.8 Å². The maximum absolute atomic E-state index is 13.9. The van der Waals surface area contributed by atoms with Gasteiger partial charge in [-0.3, -0.25) is 9.59 Å². The molecule has 0 spiro atoms. The largest absolute Gasteiger partial charge is 0.508 e. The lowest BCUT2D eigenvalue weighted by molar-refractivity contribution is -0.141. The number of hydrogen-bond acceptors (Lipinski definition) is 7. The van der Waals surface area contributed by atoms with Crippen molar-refractivity contribution in [1.82, 2.24) is 0 Å². The summed E-state index contributed by atoms with van der Waals surface area (Å²) in [5, 5.41) is 32.1. The summed E-state index contributed by atoms with van der Waals surface area (Å²) in [6.07, 6.45) is 22.8. The second-order valence-corrected chi connectivity index (χ2v) is 10.6. The second-order valence-electron chi connectivity index (χ2n) is 10.6. The highest BCUT2D eigenvalue weighted by Gasteiger charge is 2.35. The topological polar surface area (TPSA) is 111 Å². The van der Waals surface area contributed by atoms with Crippen molar-refractivity contribution in [2.45, 2.75) is 67.2 Å². The summed E-state index contributed by atoms with van der Waals surface area (Å²) in [7, 11) is 0. The normalized spacial score (nSPS) is 12.2. The number of para-hydroxylation sites is 1. The molecule has 0 saturated heterocycles. The fourth-order valence-corrected chi connectivity index (χ4v) is 4.69. The number of ether oxygens (including phenoxy) is 1. The molecule has 1 amide bonds. The van der Waals surface area contributed by atoms with E-state index in [0.29, 0.717) is 0 Å². The summed E-state index contributed by atoms with van der Waals surface area (Å²) in [6, 6.07) is 7.03. The Morgan fingerprint density at radius 3 is 2.11 bits per heavy atom. The van der Waals surface area contributed by atoms with Gasteiger partial charge in [-0.15, -0.1) is 25.2 Å². The Morgan fingerprint density at radius 2 is 1.51 bits per heavy atom. The Bertz CT molecular complexity index is 1470. The highest BCUT2D eigenvalue weighted by Crippen LogP contribution is 2.50. The third-order valence-electron chi connectivity index (χ3n) is 6.71. The molecule has 0 radical (unpaired) electrons. The van der Waals surface area contributed by atoms with Crippen molar-refractivity contribution >= 4 is 28.9 Å². The number of amides is 1. The fraction of sp³-hybridized carbons (Fsp3) is 0.351. The van der Waals surface area contributed by atoms with Gasteiger partial charge < -0.3 is 29.9 Å². The smallest absolute Gasteiger partial charge is 0.325 e. The van der Waals surface area contributed by atoms with Gasteiger partial charge in [0.15, 0.2) is 0 Å². The van der Waals surface area contributed by atoms with E-state index in [4.69, 9.17) is 4.74 Å². The first-order chi connectivity index (χ1) is 21.4. The van der Waals surface area contributed by atoms with Crippen LogP contribution < -0.4 is 9.80 Å². The third kappa shape index (κ3) is 11.2. The van der Waals surface area contributed by atoms with Crippen molar-refractivity contribution in [2.75, 3.05) is 29.5 Å². The number of esters is 1. The maximum Gasteiger partial charge on any atom is 0.325 e. The van der Waals surface area contributed by atoms with E-state index in [-0.39, 0.29) is 59.6 Å². The number of hydrogen-bond donors (Lipinski definition) is 3. The molecule has 2 aromatic carbocycles. The van der Waals surface area contributed by atoms with Crippen LogP contribution in [0.3, 0.4) is 0 Å². The average molecular weight is 615 g/mol. The van der Waals surface area contributed by atoms with E-state index in [1.165, 1.54) is 33.1 Å². The van der Waals surface area contributed by atoms with Gasteiger partial charge >= 0.3 is 5.97 Å². The number of phenolic OH excluding ortho intramolecular Hbond substituents is 3. The lowest BCUT2D eigenvalue weighted by Gasteiger charge is -2.27. The molecule has 0 bridgehead atoms. The summed E-state index contributed by atoms with van der Waals surface area (Å²) in [4.78, 5) is 29.2. The number of carbonyl (C=O) groups is 2. The number of anilines is 3. The van der Waals surface area contributed by atoms with Crippen molar-refractivity contribution < 1.29 is 29.6 Å². The van der Waals surface area contributed by atoms with Crippen molar-refractivity contribution in [3.63, 3.8) is 0 Å². The van der Waals surface area contributed by atoms with E-state index in [9.17, 15) is 24.9 Å². The first-order valence-electron chi connectivity index (χ1n) is 14.7. The molecule has 1 heterocycles.